The molecule has 6 rings (SSSR count). The Labute approximate surface area is 332 Å². The van der Waals surface area contributed by atoms with Crippen LogP contribution < -0.4 is 4.74 Å². The van der Waals surface area contributed by atoms with Crippen molar-refractivity contribution in [3.8, 4) is 5.75 Å². The van der Waals surface area contributed by atoms with Gasteiger partial charge in [0.15, 0.2) is 11.2 Å². The van der Waals surface area contributed by atoms with Gasteiger partial charge in [0.25, 0.3) is 0 Å². The molecule has 0 amide bonds. The number of halogens is 8. The Morgan fingerprint density at radius 1 is 0.638 bits per heavy atom. The molecule has 2 atom stereocenters. The van der Waals surface area contributed by atoms with E-state index in [-0.39, 0.29) is 22.5 Å². The van der Waals surface area contributed by atoms with E-state index in [0.717, 1.165) is 34.2 Å². The average Bonchev–Trinajstić information content (AvgIpc) is 3.73. The maximum absolute atomic E-state index is 14.1. The summed E-state index contributed by atoms with van der Waals surface area (Å²) in [5.74, 6) is -0.993. The van der Waals surface area contributed by atoms with Gasteiger partial charge in [0.1, 0.15) is 17.4 Å². The first kappa shape index (κ1) is 44.2. The molecule has 0 aliphatic rings. The Morgan fingerprint density at radius 3 is 1.81 bits per heavy atom. The fraction of sp³-hybridized carbons (Fsp3) is 0.378. The summed E-state index contributed by atoms with van der Waals surface area (Å²) in [6, 6.07) is 24.2. The van der Waals surface area contributed by atoms with Gasteiger partial charge in [-0.3, -0.25) is 0 Å². The molecule has 0 radical (unpaired) electrons. The lowest BCUT2D eigenvalue weighted by Gasteiger charge is -2.38. The third-order valence-corrected chi connectivity index (χ3v) is 10.8. The number of benzene rings is 4. The van der Waals surface area contributed by atoms with E-state index in [1.807, 2.05) is 55.5 Å². The summed E-state index contributed by atoms with van der Waals surface area (Å²) in [5.41, 5.74) is -4.21. The third-order valence-electron chi connectivity index (χ3n) is 10.8. The molecule has 2 heterocycles. The predicted molar refractivity (Wildman–Crippen MR) is 210 cm³/mol. The second kappa shape index (κ2) is 16.1. The highest BCUT2D eigenvalue weighted by atomic mass is 19.4. The van der Waals surface area contributed by atoms with Gasteiger partial charge in [-0.15, -0.1) is 0 Å². The van der Waals surface area contributed by atoms with Gasteiger partial charge in [0, 0.05) is 40.7 Å². The molecule has 13 heteroatoms. The molecule has 0 aliphatic heterocycles. The topological polar surface area (TPSA) is 81.3 Å². The van der Waals surface area contributed by atoms with E-state index in [4.69, 9.17) is 4.74 Å². The molecule has 0 aliphatic carbocycles. The van der Waals surface area contributed by atoms with Crippen molar-refractivity contribution in [3.63, 3.8) is 0 Å². The van der Waals surface area contributed by atoms with Crippen molar-refractivity contribution >= 4 is 21.8 Å². The van der Waals surface area contributed by atoms with Gasteiger partial charge in [0.05, 0.1) is 12.6 Å². The van der Waals surface area contributed by atoms with Crippen LogP contribution in [0.3, 0.4) is 0 Å². The molecule has 6 aromatic rings. The number of rotatable bonds is 11. The Hall–Kier alpha value is -4.88. The largest absolute Gasteiger partial charge is 0.496 e. The number of para-hydroxylation sites is 1. The van der Waals surface area contributed by atoms with Gasteiger partial charge in [-0.1, -0.05) is 81.8 Å². The Morgan fingerprint density at radius 2 is 1.24 bits per heavy atom. The lowest BCUT2D eigenvalue weighted by Crippen LogP contribution is -2.51. The monoisotopic (exact) mass is 816 g/mol. The molecular weight excluding hydrogens is 768 g/mol. The molecule has 0 saturated heterocycles. The van der Waals surface area contributed by atoms with E-state index in [1.165, 1.54) is 45.2 Å². The molecule has 0 saturated carbocycles. The zero-order valence-corrected chi connectivity index (χ0v) is 33.3. The van der Waals surface area contributed by atoms with Crippen LogP contribution in [0.25, 0.3) is 21.8 Å². The second-order valence-corrected chi connectivity index (χ2v) is 16.6. The molecule has 312 valence electrons. The van der Waals surface area contributed by atoms with Crippen LogP contribution in [-0.4, -0.2) is 50.8 Å². The van der Waals surface area contributed by atoms with E-state index >= 15 is 0 Å². The first-order valence-electron chi connectivity index (χ1n) is 18.6. The minimum Gasteiger partial charge on any atom is -0.496 e. The average molecular weight is 817 g/mol. The summed E-state index contributed by atoms with van der Waals surface area (Å²) in [6.45, 7) is 10.1. The normalized spacial score (nSPS) is 14.8. The highest BCUT2D eigenvalue weighted by Gasteiger charge is 2.57. The molecule has 0 fully saturated rings. The summed E-state index contributed by atoms with van der Waals surface area (Å²) in [7, 11) is 1.34. The lowest BCUT2D eigenvalue weighted by molar-refractivity contribution is -0.266. The summed E-state index contributed by atoms with van der Waals surface area (Å²) >= 11 is 0. The number of aliphatic hydroxyl groups is 2. The number of hydrogen-bond acceptors (Lipinski definition) is 3. The van der Waals surface area contributed by atoms with Crippen LogP contribution in [-0.2, 0) is 23.7 Å². The first-order chi connectivity index (χ1) is 26.8. The summed E-state index contributed by atoms with van der Waals surface area (Å²) in [4.78, 5) is 5.67. The van der Waals surface area contributed by atoms with Crippen LogP contribution in [0.2, 0.25) is 0 Å². The predicted octanol–water partition coefficient (Wildman–Crippen LogP) is 11.6. The van der Waals surface area contributed by atoms with Gasteiger partial charge in [-0.05, 0) is 96.5 Å². The second-order valence-electron chi connectivity index (χ2n) is 16.6. The zero-order chi connectivity index (χ0) is 43.1. The molecule has 0 spiro atoms. The summed E-state index contributed by atoms with van der Waals surface area (Å²) in [6.07, 6.45) is -12.3. The van der Waals surface area contributed by atoms with Gasteiger partial charge in [-0.25, -0.2) is 8.78 Å². The number of nitrogens with one attached hydrogen (secondary N) is 2. The number of aromatic amines is 2. The van der Waals surface area contributed by atoms with Gasteiger partial charge < -0.3 is 24.9 Å². The van der Waals surface area contributed by atoms with E-state index in [9.17, 15) is 45.3 Å². The van der Waals surface area contributed by atoms with Crippen LogP contribution in [0.1, 0.15) is 74.2 Å². The van der Waals surface area contributed by atoms with Gasteiger partial charge >= 0.3 is 12.4 Å². The van der Waals surface area contributed by atoms with E-state index in [2.05, 4.69) is 9.97 Å². The van der Waals surface area contributed by atoms with E-state index in [0.29, 0.717) is 16.6 Å². The van der Waals surface area contributed by atoms with Crippen molar-refractivity contribution in [2.45, 2.75) is 102 Å². The Bertz CT molecular complexity index is 2300. The molecule has 58 heavy (non-hydrogen) atoms. The summed E-state index contributed by atoms with van der Waals surface area (Å²) < 4.78 is 117. The molecular formula is C45H48F8N2O3. The maximum atomic E-state index is 14.1. The fourth-order valence-corrected chi connectivity index (χ4v) is 7.80. The smallest absolute Gasteiger partial charge is 0.417 e. The van der Waals surface area contributed by atoms with Crippen molar-refractivity contribution in [3.05, 3.63) is 136 Å². The van der Waals surface area contributed by atoms with Crippen LogP contribution >= 0.6 is 0 Å². The number of alkyl halides is 6. The van der Waals surface area contributed by atoms with Crippen molar-refractivity contribution < 1.29 is 50.1 Å². The fourth-order valence-electron chi connectivity index (χ4n) is 7.80. The molecule has 4 aromatic carbocycles. The number of methoxy groups -OCH3 is 1. The highest BCUT2D eigenvalue weighted by molar-refractivity contribution is 5.84. The number of H-pyrrole nitrogens is 2. The van der Waals surface area contributed by atoms with Crippen LogP contribution in [0.4, 0.5) is 35.1 Å². The number of aryl methyl sites for hydroxylation is 2. The third kappa shape index (κ3) is 9.52. The quantitative estimate of drug-likeness (QED) is 0.0983. The minimum absolute atomic E-state index is 0.0463. The van der Waals surface area contributed by atoms with Crippen LogP contribution in [0.5, 0.6) is 5.75 Å². The zero-order valence-electron chi connectivity index (χ0n) is 33.3. The van der Waals surface area contributed by atoms with E-state index in [1.54, 1.807) is 26.8 Å². The van der Waals surface area contributed by atoms with Crippen molar-refractivity contribution in [2.24, 2.45) is 0 Å². The Balaban J connectivity index is 0.000000223. The number of aromatic nitrogens is 2. The lowest BCUT2D eigenvalue weighted by atomic mass is 9.73. The van der Waals surface area contributed by atoms with Crippen molar-refractivity contribution in [1.82, 2.24) is 9.97 Å². The minimum atomic E-state index is -4.99. The van der Waals surface area contributed by atoms with Gasteiger partial charge in [0.2, 0.25) is 0 Å². The van der Waals surface area contributed by atoms with Crippen molar-refractivity contribution in [1.29, 1.82) is 0 Å². The standard InChI is InChI=1S/C23H24F5NO2.C22H24F3NO/c1-13-5-7-18(25)20-16(13)10-15(29-20)11-22(30,23(26,27)28)12-21(2,3)17-9-14(24)6-8-19(17)31-4;1-15-7-6-9-17(11-15)20(2,3)14-21(27,22(23,24)25)13-18-12-16-8-4-5-10-19(16)26-18/h5-10,29-30H,11-12H2,1-4H3;4-12,26-27H,13-14H2,1-3H3. The first-order valence-corrected chi connectivity index (χ1v) is 18.6. The molecule has 5 nitrogen and oxygen atoms in total. The number of hydrogen-bond donors (Lipinski definition) is 4. The molecule has 0 bridgehead atoms. The van der Waals surface area contributed by atoms with Crippen LogP contribution in [0.15, 0.2) is 91.0 Å². The van der Waals surface area contributed by atoms with E-state index < -0.39 is 71.7 Å². The number of ether oxygens (including phenoxy) is 1. The highest BCUT2D eigenvalue weighted by Crippen LogP contribution is 2.46. The van der Waals surface area contributed by atoms with Gasteiger partial charge in [-0.2, -0.15) is 26.3 Å². The SMILES string of the molecule is COc1ccc(F)cc1C(C)(C)CC(O)(Cc1cc2c(C)ccc(F)c2[nH]1)C(F)(F)F.Cc1cccc(C(C)(C)CC(O)(Cc2cc3ccccc3[nH]2)C(F)(F)F)c1. The molecule has 2 unspecified atom stereocenters. The summed E-state index contributed by atoms with van der Waals surface area (Å²) in [5, 5.41) is 22.8. The molecule has 4 N–H and O–H groups in total. The Kier molecular flexibility index (Phi) is 12.2. The maximum Gasteiger partial charge on any atom is 0.417 e. The van der Waals surface area contributed by atoms with Crippen molar-refractivity contribution in [2.75, 3.05) is 7.11 Å². The molecule has 2 aromatic heterocycles. The number of fused-ring (bicyclic) bond motifs is 2. The van der Waals surface area contributed by atoms with Crippen LogP contribution in [0, 0.1) is 25.5 Å².